The average molecular weight is 471 g/mol. The van der Waals surface area contributed by atoms with Crippen molar-refractivity contribution in [2.75, 3.05) is 21.3 Å². The molecule has 0 saturated carbocycles. The molecule has 0 unspecified atom stereocenters. The third-order valence-corrected chi connectivity index (χ3v) is 6.51. The summed E-state index contributed by atoms with van der Waals surface area (Å²) in [5, 5.41) is 3.98. The van der Waals surface area contributed by atoms with Crippen LogP contribution in [0.15, 0.2) is 66.1 Å². The molecule has 1 N–H and O–H groups in total. The van der Waals surface area contributed by atoms with Crippen LogP contribution in [0.1, 0.15) is 15.4 Å². The quantitative estimate of drug-likeness (QED) is 0.221. The molecule has 0 saturated heterocycles. The summed E-state index contributed by atoms with van der Waals surface area (Å²) in [6.45, 7) is 0. The van der Waals surface area contributed by atoms with E-state index in [1.54, 1.807) is 33.5 Å². The van der Waals surface area contributed by atoms with Gasteiger partial charge in [-0.15, -0.1) is 11.3 Å². The molecular weight excluding hydrogens is 448 g/mol. The molecule has 5 rings (SSSR count). The monoisotopic (exact) mass is 470 g/mol. The van der Waals surface area contributed by atoms with Crippen molar-refractivity contribution in [1.29, 1.82) is 0 Å². The van der Waals surface area contributed by atoms with Crippen molar-refractivity contribution < 1.29 is 19.0 Å². The zero-order valence-electron chi connectivity index (χ0n) is 18.9. The van der Waals surface area contributed by atoms with Gasteiger partial charge in [-0.3, -0.25) is 4.79 Å². The van der Waals surface area contributed by atoms with Crippen molar-refractivity contribution in [2.45, 2.75) is 0 Å². The molecule has 0 fully saturated rings. The number of allylic oxidation sites excluding steroid dienone is 1. The minimum Gasteiger partial charge on any atom is -0.493 e. The van der Waals surface area contributed by atoms with Crippen LogP contribution in [-0.4, -0.2) is 37.1 Å². The number of nitrogens with one attached hydrogen (secondary N) is 1. The average Bonchev–Trinajstić information content (AvgIpc) is 3.54. The van der Waals surface area contributed by atoms with Crippen molar-refractivity contribution in [3.63, 3.8) is 0 Å². The molecule has 0 bridgehead atoms. The van der Waals surface area contributed by atoms with Crippen molar-refractivity contribution in [3.05, 3.63) is 76.6 Å². The number of para-hydroxylation sites is 1. The van der Waals surface area contributed by atoms with Gasteiger partial charge in [-0.1, -0.05) is 24.3 Å². The number of nitrogens with zero attached hydrogens (tertiary/aromatic N) is 1. The Labute approximate surface area is 200 Å². The van der Waals surface area contributed by atoms with E-state index in [9.17, 15) is 4.79 Å². The fraction of sp³-hybridized carbons (Fsp3) is 0.111. The standard InChI is InChI=1S/C27H22N2O4S/c1-31-22-13-16(14-23(32-2)27(22)33-3)25-26-19(18-7-4-5-8-20(18)29-26)15-17(28-25)10-11-21(30)24-9-6-12-34-24/h4-15,29H,1-3H3/b11-10+. The van der Waals surface area contributed by atoms with Crippen LogP contribution >= 0.6 is 11.3 Å². The summed E-state index contributed by atoms with van der Waals surface area (Å²) in [4.78, 5) is 21.6. The third-order valence-electron chi connectivity index (χ3n) is 5.62. The third kappa shape index (κ3) is 3.80. The second-order valence-electron chi connectivity index (χ2n) is 7.58. The number of ether oxygens (including phenoxy) is 3. The highest BCUT2D eigenvalue weighted by atomic mass is 32.1. The van der Waals surface area contributed by atoms with Crippen molar-refractivity contribution >= 4 is 45.0 Å². The summed E-state index contributed by atoms with van der Waals surface area (Å²) < 4.78 is 16.6. The fourth-order valence-corrected chi connectivity index (χ4v) is 4.68. The van der Waals surface area contributed by atoms with Gasteiger partial charge in [-0.05, 0) is 47.9 Å². The number of carbonyl (C=O) groups excluding carboxylic acids is 1. The number of pyridine rings is 1. The number of hydrogen-bond acceptors (Lipinski definition) is 6. The van der Waals surface area contributed by atoms with E-state index in [4.69, 9.17) is 19.2 Å². The summed E-state index contributed by atoms with van der Waals surface area (Å²) in [5.74, 6) is 1.54. The lowest BCUT2D eigenvalue weighted by atomic mass is 10.0. The molecule has 0 aliphatic rings. The van der Waals surface area contributed by atoms with Gasteiger partial charge in [0.2, 0.25) is 5.75 Å². The van der Waals surface area contributed by atoms with Gasteiger partial charge in [-0.25, -0.2) is 4.98 Å². The number of H-pyrrole nitrogens is 1. The lowest BCUT2D eigenvalue weighted by molar-refractivity contribution is 0.105. The molecule has 170 valence electrons. The molecule has 0 aliphatic heterocycles. The number of aromatic amines is 1. The van der Waals surface area contributed by atoms with Gasteiger partial charge in [0.1, 0.15) is 0 Å². The predicted molar refractivity (Wildman–Crippen MR) is 136 cm³/mol. The van der Waals surface area contributed by atoms with Gasteiger partial charge in [0, 0.05) is 21.9 Å². The zero-order valence-corrected chi connectivity index (χ0v) is 19.7. The van der Waals surface area contributed by atoms with E-state index in [1.165, 1.54) is 11.3 Å². The van der Waals surface area contributed by atoms with Crippen LogP contribution in [0, 0.1) is 0 Å². The van der Waals surface area contributed by atoms with Crippen LogP contribution in [-0.2, 0) is 0 Å². The van der Waals surface area contributed by atoms with E-state index in [-0.39, 0.29) is 5.78 Å². The van der Waals surface area contributed by atoms with Crippen LogP contribution in [0.4, 0.5) is 0 Å². The summed E-state index contributed by atoms with van der Waals surface area (Å²) >= 11 is 1.42. The van der Waals surface area contributed by atoms with Crippen LogP contribution in [0.5, 0.6) is 17.2 Å². The van der Waals surface area contributed by atoms with Gasteiger partial charge in [-0.2, -0.15) is 0 Å². The van der Waals surface area contributed by atoms with E-state index in [1.807, 2.05) is 53.9 Å². The predicted octanol–water partition coefficient (Wildman–Crippen LogP) is 6.37. The van der Waals surface area contributed by atoms with Crippen molar-refractivity contribution in [3.8, 4) is 28.5 Å². The van der Waals surface area contributed by atoms with Gasteiger partial charge in [0.15, 0.2) is 17.3 Å². The molecule has 0 spiro atoms. The Balaban J connectivity index is 1.73. The number of methoxy groups -OCH3 is 3. The number of thiophene rings is 1. The summed E-state index contributed by atoms with van der Waals surface area (Å²) in [5.41, 5.74) is 4.08. The smallest absolute Gasteiger partial charge is 0.203 e. The van der Waals surface area contributed by atoms with Gasteiger partial charge in [0.05, 0.1) is 43.1 Å². The molecular formula is C27H22N2O4S. The highest BCUT2D eigenvalue weighted by Crippen LogP contribution is 2.42. The molecule has 34 heavy (non-hydrogen) atoms. The zero-order chi connectivity index (χ0) is 23.7. The maximum Gasteiger partial charge on any atom is 0.203 e. The van der Waals surface area contributed by atoms with E-state index >= 15 is 0 Å². The molecule has 5 aromatic rings. The first-order valence-corrected chi connectivity index (χ1v) is 11.5. The van der Waals surface area contributed by atoms with Crippen molar-refractivity contribution in [1.82, 2.24) is 9.97 Å². The van der Waals surface area contributed by atoms with Crippen LogP contribution < -0.4 is 14.2 Å². The highest BCUT2D eigenvalue weighted by molar-refractivity contribution is 7.12. The molecule has 7 heteroatoms. The Hall–Kier alpha value is -4.10. The molecule has 0 amide bonds. The molecule has 0 aliphatic carbocycles. The summed E-state index contributed by atoms with van der Waals surface area (Å²) in [6, 6.07) is 17.5. The van der Waals surface area contributed by atoms with E-state index in [2.05, 4.69) is 11.1 Å². The Bertz CT molecular complexity index is 1510. The Morgan fingerprint density at radius 3 is 2.38 bits per heavy atom. The first-order valence-electron chi connectivity index (χ1n) is 10.6. The fourth-order valence-electron chi connectivity index (χ4n) is 4.04. The van der Waals surface area contributed by atoms with Gasteiger partial charge >= 0.3 is 0 Å². The maximum atomic E-state index is 12.5. The largest absolute Gasteiger partial charge is 0.493 e. The van der Waals surface area contributed by atoms with Crippen LogP contribution in [0.2, 0.25) is 0 Å². The van der Waals surface area contributed by atoms with Crippen LogP contribution in [0.25, 0.3) is 39.1 Å². The molecule has 3 aromatic heterocycles. The Morgan fingerprint density at radius 2 is 1.71 bits per heavy atom. The number of rotatable bonds is 7. The lowest BCUT2D eigenvalue weighted by Crippen LogP contribution is -1.97. The summed E-state index contributed by atoms with van der Waals surface area (Å²) in [6.07, 6.45) is 3.32. The molecule has 2 aromatic carbocycles. The number of fused-ring (bicyclic) bond motifs is 3. The van der Waals surface area contributed by atoms with Gasteiger partial charge < -0.3 is 19.2 Å². The minimum absolute atomic E-state index is 0.0508. The molecule has 3 heterocycles. The second kappa shape index (κ2) is 9.03. The first-order chi connectivity index (χ1) is 16.6. The SMILES string of the molecule is COc1cc(-c2nc(/C=C/C(=O)c3cccs3)cc3c2[nH]c2ccccc23)cc(OC)c1OC. The Kier molecular flexibility index (Phi) is 5.77. The number of benzene rings is 2. The topological polar surface area (TPSA) is 73.4 Å². The van der Waals surface area contributed by atoms with Crippen LogP contribution in [0.3, 0.4) is 0 Å². The number of hydrogen-bond donors (Lipinski definition) is 1. The minimum atomic E-state index is -0.0508. The molecule has 6 nitrogen and oxygen atoms in total. The lowest BCUT2D eigenvalue weighted by Gasteiger charge is -2.14. The summed E-state index contributed by atoms with van der Waals surface area (Å²) in [7, 11) is 4.75. The number of aromatic nitrogens is 2. The first kappa shape index (κ1) is 21.7. The highest BCUT2D eigenvalue weighted by Gasteiger charge is 2.18. The molecule has 0 radical (unpaired) electrons. The van der Waals surface area contributed by atoms with Crippen molar-refractivity contribution in [2.24, 2.45) is 0 Å². The Morgan fingerprint density at radius 1 is 0.941 bits per heavy atom. The second-order valence-corrected chi connectivity index (χ2v) is 8.53. The number of carbonyl (C=O) groups is 1. The number of ketones is 1. The normalized spacial score (nSPS) is 11.4. The van der Waals surface area contributed by atoms with Gasteiger partial charge in [0.25, 0.3) is 0 Å². The van der Waals surface area contributed by atoms with E-state index in [0.29, 0.717) is 27.8 Å². The molecule has 0 atom stereocenters. The van der Waals surface area contributed by atoms with E-state index in [0.717, 1.165) is 33.1 Å². The maximum absolute atomic E-state index is 12.5. The van der Waals surface area contributed by atoms with E-state index < -0.39 is 0 Å².